The third-order valence-electron chi connectivity index (χ3n) is 3.40. The van der Waals surface area contributed by atoms with Crippen LogP contribution in [0.4, 0.5) is 14.5 Å². The average Bonchev–Trinajstić information content (AvgIpc) is 2.35. The molecule has 1 saturated heterocycles. The summed E-state index contributed by atoms with van der Waals surface area (Å²) in [4.78, 5) is 13.7. The molecular weight excluding hydrogens is 238 g/mol. The van der Waals surface area contributed by atoms with E-state index in [0.29, 0.717) is 19.0 Å². The number of benzene rings is 1. The van der Waals surface area contributed by atoms with Crippen molar-refractivity contribution in [2.45, 2.75) is 19.8 Å². The molecule has 0 atom stereocenters. The molecule has 0 radical (unpaired) electrons. The van der Waals surface area contributed by atoms with Gasteiger partial charge < -0.3 is 10.6 Å². The van der Waals surface area contributed by atoms with Crippen LogP contribution in [0.25, 0.3) is 0 Å². The van der Waals surface area contributed by atoms with Crippen molar-refractivity contribution in [3.05, 3.63) is 29.3 Å². The molecule has 2 N–H and O–H groups in total. The van der Waals surface area contributed by atoms with Gasteiger partial charge in [0.15, 0.2) is 0 Å². The number of amides is 1. The molecular formula is C13H16F2N2O. The van der Waals surface area contributed by atoms with Crippen LogP contribution in [0.3, 0.4) is 0 Å². The van der Waals surface area contributed by atoms with Gasteiger partial charge in [0.05, 0.1) is 0 Å². The third-order valence-corrected chi connectivity index (χ3v) is 3.40. The van der Waals surface area contributed by atoms with Crippen LogP contribution in [0, 0.1) is 17.6 Å². The first-order valence-corrected chi connectivity index (χ1v) is 6.03. The Kier molecular flexibility index (Phi) is 3.50. The number of hydrogen-bond acceptors (Lipinski definition) is 2. The predicted molar refractivity (Wildman–Crippen MR) is 65.1 cm³/mol. The zero-order chi connectivity index (χ0) is 13.3. The lowest BCUT2D eigenvalue weighted by Crippen LogP contribution is -2.38. The van der Waals surface area contributed by atoms with Crippen molar-refractivity contribution in [1.82, 2.24) is 4.90 Å². The Balaban J connectivity index is 2.19. The third kappa shape index (κ3) is 2.44. The molecule has 1 heterocycles. The van der Waals surface area contributed by atoms with Gasteiger partial charge in [-0.2, -0.15) is 0 Å². The smallest absolute Gasteiger partial charge is 0.254 e. The largest absolute Gasteiger partial charge is 0.394 e. The maximum absolute atomic E-state index is 13.3. The Morgan fingerprint density at radius 1 is 1.28 bits per heavy atom. The number of nitrogens with zero attached hydrogens (tertiary/aromatic N) is 1. The van der Waals surface area contributed by atoms with Gasteiger partial charge in [0, 0.05) is 18.7 Å². The van der Waals surface area contributed by atoms with E-state index in [1.165, 1.54) is 0 Å². The first-order valence-electron chi connectivity index (χ1n) is 6.03. The fourth-order valence-corrected chi connectivity index (χ4v) is 2.10. The molecule has 0 saturated carbocycles. The molecule has 0 bridgehead atoms. The number of halogens is 2. The zero-order valence-corrected chi connectivity index (χ0v) is 10.2. The molecule has 1 fully saturated rings. The fraction of sp³-hybridized carbons (Fsp3) is 0.462. The van der Waals surface area contributed by atoms with Crippen LogP contribution in [0.15, 0.2) is 12.1 Å². The lowest BCUT2D eigenvalue weighted by molar-refractivity contribution is 0.0696. The van der Waals surface area contributed by atoms with Crippen LogP contribution in [-0.4, -0.2) is 23.9 Å². The second-order valence-corrected chi connectivity index (χ2v) is 4.83. The van der Waals surface area contributed by atoms with Gasteiger partial charge in [-0.05, 0) is 30.9 Å². The van der Waals surface area contributed by atoms with Crippen LogP contribution >= 0.6 is 0 Å². The monoisotopic (exact) mass is 254 g/mol. The lowest BCUT2D eigenvalue weighted by Gasteiger charge is -2.30. The molecule has 98 valence electrons. The summed E-state index contributed by atoms with van der Waals surface area (Å²) in [6.45, 7) is 3.39. The number of nitrogen functional groups attached to an aromatic ring is 1. The summed E-state index contributed by atoms with van der Waals surface area (Å²) >= 11 is 0. The van der Waals surface area contributed by atoms with Crippen LogP contribution in [-0.2, 0) is 0 Å². The standard InChI is InChI=1S/C13H16F2N2O/c1-8-2-4-17(5-3-8)13(18)9-6-10(14)12(16)11(15)7-9/h6-8H,2-5,16H2,1H3. The quantitative estimate of drug-likeness (QED) is 0.782. The molecule has 1 aliphatic rings. The minimum atomic E-state index is -0.885. The SMILES string of the molecule is CC1CCN(C(=O)c2cc(F)c(N)c(F)c2)CC1. The summed E-state index contributed by atoms with van der Waals surface area (Å²) in [5, 5.41) is 0. The Morgan fingerprint density at radius 2 is 1.78 bits per heavy atom. The van der Waals surface area contributed by atoms with Crippen LogP contribution in [0.2, 0.25) is 0 Å². The highest BCUT2D eigenvalue weighted by Gasteiger charge is 2.23. The minimum Gasteiger partial charge on any atom is -0.394 e. The summed E-state index contributed by atoms with van der Waals surface area (Å²) in [7, 11) is 0. The summed E-state index contributed by atoms with van der Waals surface area (Å²) in [6, 6.07) is 2.00. The van der Waals surface area contributed by atoms with E-state index in [1.54, 1.807) is 4.90 Å². The van der Waals surface area contributed by atoms with E-state index in [0.717, 1.165) is 25.0 Å². The van der Waals surface area contributed by atoms with Gasteiger partial charge in [0.2, 0.25) is 0 Å². The molecule has 0 aromatic heterocycles. The molecule has 0 unspecified atom stereocenters. The number of piperidine rings is 1. The molecule has 3 nitrogen and oxygen atoms in total. The van der Waals surface area contributed by atoms with Gasteiger partial charge in [0.1, 0.15) is 17.3 Å². The highest BCUT2D eigenvalue weighted by atomic mass is 19.1. The zero-order valence-electron chi connectivity index (χ0n) is 10.2. The van der Waals surface area contributed by atoms with Gasteiger partial charge in [0.25, 0.3) is 5.91 Å². The summed E-state index contributed by atoms with van der Waals surface area (Å²) < 4.78 is 26.6. The summed E-state index contributed by atoms with van der Waals surface area (Å²) in [6.07, 6.45) is 1.84. The fourth-order valence-electron chi connectivity index (χ4n) is 2.10. The van der Waals surface area contributed by atoms with Crippen LogP contribution in [0.1, 0.15) is 30.1 Å². The number of carbonyl (C=O) groups excluding carboxylic acids is 1. The highest BCUT2D eigenvalue weighted by Crippen LogP contribution is 2.21. The van der Waals surface area contributed by atoms with Crippen molar-refractivity contribution in [2.75, 3.05) is 18.8 Å². The number of nitrogens with two attached hydrogens (primary N) is 1. The average molecular weight is 254 g/mol. The molecule has 1 aromatic rings. The maximum Gasteiger partial charge on any atom is 0.254 e. The Bertz CT molecular complexity index is 445. The molecule has 5 heteroatoms. The Labute approximate surface area is 105 Å². The number of carbonyl (C=O) groups is 1. The lowest BCUT2D eigenvalue weighted by atomic mass is 9.98. The molecule has 0 spiro atoms. The Morgan fingerprint density at radius 3 is 2.28 bits per heavy atom. The van der Waals surface area contributed by atoms with E-state index in [9.17, 15) is 13.6 Å². The molecule has 1 aromatic carbocycles. The van der Waals surface area contributed by atoms with Crippen molar-refractivity contribution in [3.8, 4) is 0 Å². The second-order valence-electron chi connectivity index (χ2n) is 4.83. The topological polar surface area (TPSA) is 46.3 Å². The normalized spacial score (nSPS) is 16.9. The first kappa shape index (κ1) is 12.8. The van der Waals surface area contributed by atoms with Crippen molar-refractivity contribution in [3.63, 3.8) is 0 Å². The first-order chi connectivity index (χ1) is 8.49. The Hall–Kier alpha value is -1.65. The number of rotatable bonds is 1. The molecule has 2 rings (SSSR count). The van der Waals surface area contributed by atoms with E-state index in [4.69, 9.17) is 5.73 Å². The number of hydrogen-bond donors (Lipinski definition) is 1. The predicted octanol–water partition coefficient (Wildman–Crippen LogP) is 2.42. The number of likely N-dealkylation sites (tertiary alicyclic amines) is 1. The van der Waals surface area contributed by atoms with Gasteiger partial charge >= 0.3 is 0 Å². The van der Waals surface area contributed by atoms with E-state index in [-0.39, 0.29) is 11.5 Å². The van der Waals surface area contributed by atoms with E-state index in [2.05, 4.69) is 6.92 Å². The summed E-state index contributed by atoms with van der Waals surface area (Å²) in [5.74, 6) is -1.51. The second kappa shape index (κ2) is 4.92. The molecule has 1 amide bonds. The minimum absolute atomic E-state index is 0.0220. The van der Waals surface area contributed by atoms with Gasteiger partial charge in [-0.15, -0.1) is 0 Å². The molecule has 1 aliphatic heterocycles. The van der Waals surface area contributed by atoms with Crippen LogP contribution in [0.5, 0.6) is 0 Å². The summed E-state index contributed by atoms with van der Waals surface area (Å²) in [5.41, 5.74) is 4.65. The van der Waals surface area contributed by atoms with Gasteiger partial charge in [-0.1, -0.05) is 6.92 Å². The van der Waals surface area contributed by atoms with Crippen LogP contribution < -0.4 is 5.73 Å². The van der Waals surface area contributed by atoms with Gasteiger partial charge in [-0.25, -0.2) is 8.78 Å². The highest BCUT2D eigenvalue weighted by molar-refractivity contribution is 5.94. The van der Waals surface area contributed by atoms with Gasteiger partial charge in [-0.3, -0.25) is 4.79 Å². The maximum atomic E-state index is 13.3. The molecule has 0 aliphatic carbocycles. The number of anilines is 1. The van der Waals surface area contributed by atoms with Crippen molar-refractivity contribution >= 4 is 11.6 Å². The van der Waals surface area contributed by atoms with E-state index < -0.39 is 17.3 Å². The van der Waals surface area contributed by atoms with Crippen molar-refractivity contribution in [2.24, 2.45) is 5.92 Å². The van der Waals surface area contributed by atoms with E-state index in [1.807, 2.05) is 0 Å². The van der Waals surface area contributed by atoms with Crippen molar-refractivity contribution in [1.29, 1.82) is 0 Å². The van der Waals surface area contributed by atoms with E-state index >= 15 is 0 Å². The molecule has 18 heavy (non-hydrogen) atoms. The van der Waals surface area contributed by atoms with Crippen molar-refractivity contribution < 1.29 is 13.6 Å².